The van der Waals surface area contributed by atoms with Crippen LogP contribution in [0.3, 0.4) is 0 Å². The molecule has 2 aromatic rings. The number of carbonyl (C=O) groups excluding carboxylic acids is 2. The minimum Gasteiger partial charge on any atom is -0.493 e. The van der Waals surface area contributed by atoms with Gasteiger partial charge in [-0.05, 0) is 30.3 Å². The van der Waals surface area contributed by atoms with Crippen LogP contribution in [-0.4, -0.2) is 40.3 Å². The number of hydroxylamine groups is 2. The number of ether oxygens (including phenoxy) is 4. The van der Waals surface area contributed by atoms with Gasteiger partial charge in [-0.25, -0.2) is 11.0 Å². The Bertz CT molecular complexity index is 873. The molecule has 0 aliphatic heterocycles. The highest BCUT2D eigenvalue weighted by Crippen LogP contribution is 2.37. The van der Waals surface area contributed by atoms with Gasteiger partial charge in [-0.3, -0.25) is 9.59 Å². The molecular weight excluding hydrogens is 392 g/mol. The van der Waals surface area contributed by atoms with Gasteiger partial charge in [-0.2, -0.15) is 4.94 Å². The highest BCUT2D eigenvalue weighted by atomic mass is 35.5. The van der Waals surface area contributed by atoms with Crippen molar-refractivity contribution in [1.29, 1.82) is 0 Å². The first kappa shape index (κ1) is 21.1. The molecule has 9 nitrogen and oxygen atoms in total. The van der Waals surface area contributed by atoms with Crippen LogP contribution in [0.25, 0.3) is 0 Å². The van der Waals surface area contributed by atoms with E-state index in [2.05, 4.69) is 11.0 Å². The standard InChI is InChI=1S/C18H19ClN2O7/c1-24-12-7-5-10(9-14(12)26-3)17(22)20-28-21-18(23)11-6-8-13(25-2)16(27-4)15(11)19/h5-9H,1-4H3,(H,20,22)(H,21,23). The van der Waals surface area contributed by atoms with E-state index in [0.29, 0.717) is 17.2 Å². The number of hydrogen-bond donors (Lipinski definition) is 2. The molecule has 2 rings (SSSR count). The number of benzene rings is 2. The Morgan fingerprint density at radius 1 is 0.786 bits per heavy atom. The summed E-state index contributed by atoms with van der Waals surface area (Å²) in [6, 6.07) is 7.48. The Morgan fingerprint density at radius 2 is 1.39 bits per heavy atom. The van der Waals surface area contributed by atoms with Crippen molar-refractivity contribution < 1.29 is 33.5 Å². The molecule has 0 aromatic heterocycles. The van der Waals surface area contributed by atoms with Gasteiger partial charge in [0.1, 0.15) is 0 Å². The molecule has 2 amide bonds. The van der Waals surface area contributed by atoms with Gasteiger partial charge >= 0.3 is 0 Å². The summed E-state index contributed by atoms with van der Waals surface area (Å²) in [7, 11) is 5.77. The quantitative estimate of drug-likeness (QED) is 0.644. The van der Waals surface area contributed by atoms with Gasteiger partial charge in [0.2, 0.25) is 0 Å². The van der Waals surface area contributed by atoms with Crippen LogP contribution in [0.1, 0.15) is 20.7 Å². The summed E-state index contributed by atoms with van der Waals surface area (Å²) >= 11 is 6.15. The first-order valence-electron chi connectivity index (χ1n) is 7.85. The summed E-state index contributed by atoms with van der Waals surface area (Å²) in [6.45, 7) is 0. The summed E-state index contributed by atoms with van der Waals surface area (Å²) in [5, 5.41) is 0.0363. The minimum atomic E-state index is -0.696. The molecule has 28 heavy (non-hydrogen) atoms. The maximum Gasteiger partial charge on any atom is 0.278 e. The van der Waals surface area contributed by atoms with Gasteiger partial charge in [0.05, 0.1) is 39.0 Å². The molecule has 0 atom stereocenters. The third-order valence-corrected chi connectivity index (χ3v) is 4.04. The molecule has 0 unspecified atom stereocenters. The third-order valence-electron chi connectivity index (χ3n) is 3.66. The van der Waals surface area contributed by atoms with Gasteiger partial charge < -0.3 is 18.9 Å². The van der Waals surface area contributed by atoms with Crippen LogP contribution >= 0.6 is 11.6 Å². The lowest BCUT2D eigenvalue weighted by Gasteiger charge is -2.13. The third kappa shape index (κ3) is 4.56. The van der Waals surface area contributed by atoms with Crippen molar-refractivity contribution in [2.45, 2.75) is 0 Å². The van der Waals surface area contributed by atoms with Gasteiger partial charge in [-0.15, -0.1) is 0 Å². The molecule has 0 fully saturated rings. The normalized spacial score (nSPS) is 10.0. The fourth-order valence-corrected chi connectivity index (χ4v) is 2.59. The van der Waals surface area contributed by atoms with Crippen molar-refractivity contribution >= 4 is 23.4 Å². The van der Waals surface area contributed by atoms with E-state index in [9.17, 15) is 9.59 Å². The zero-order valence-electron chi connectivity index (χ0n) is 15.6. The Kier molecular flexibility index (Phi) is 7.30. The summed E-state index contributed by atoms with van der Waals surface area (Å²) < 4.78 is 20.5. The molecule has 10 heteroatoms. The van der Waals surface area contributed by atoms with Crippen LogP contribution in [0.5, 0.6) is 23.0 Å². The number of nitrogens with one attached hydrogen (secondary N) is 2. The van der Waals surface area contributed by atoms with E-state index in [1.165, 1.54) is 52.7 Å². The van der Waals surface area contributed by atoms with Gasteiger partial charge in [0.25, 0.3) is 11.8 Å². The number of rotatable bonds is 8. The smallest absolute Gasteiger partial charge is 0.278 e. The second kappa shape index (κ2) is 9.67. The Morgan fingerprint density at radius 3 is 2.00 bits per heavy atom. The number of hydrogen-bond acceptors (Lipinski definition) is 7. The topological polar surface area (TPSA) is 104 Å². The molecular formula is C18H19ClN2O7. The molecule has 0 aliphatic carbocycles. The number of halogens is 1. The zero-order valence-corrected chi connectivity index (χ0v) is 16.4. The van der Waals surface area contributed by atoms with Crippen molar-refractivity contribution in [2.24, 2.45) is 0 Å². The maximum atomic E-state index is 12.2. The van der Waals surface area contributed by atoms with Crippen LogP contribution in [0.4, 0.5) is 0 Å². The molecule has 0 bridgehead atoms. The average Bonchev–Trinajstić information content (AvgIpc) is 2.72. The summed E-state index contributed by atoms with van der Waals surface area (Å²) in [6.07, 6.45) is 0. The van der Waals surface area contributed by atoms with Gasteiger partial charge in [0, 0.05) is 5.56 Å². The van der Waals surface area contributed by atoms with Crippen LogP contribution in [-0.2, 0) is 4.94 Å². The lowest BCUT2D eigenvalue weighted by Crippen LogP contribution is -2.34. The molecule has 0 aliphatic rings. The maximum absolute atomic E-state index is 12.2. The fraction of sp³-hybridized carbons (Fsp3) is 0.222. The first-order valence-corrected chi connectivity index (χ1v) is 8.23. The van der Waals surface area contributed by atoms with Crippen molar-refractivity contribution in [2.75, 3.05) is 28.4 Å². The molecule has 0 heterocycles. The molecule has 0 saturated heterocycles. The van der Waals surface area contributed by atoms with E-state index in [1.54, 1.807) is 6.07 Å². The second-order valence-electron chi connectivity index (χ2n) is 5.20. The van der Waals surface area contributed by atoms with Crippen molar-refractivity contribution in [3.05, 3.63) is 46.5 Å². The van der Waals surface area contributed by atoms with Crippen LogP contribution < -0.4 is 29.9 Å². The van der Waals surface area contributed by atoms with Crippen LogP contribution in [0.15, 0.2) is 30.3 Å². The van der Waals surface area contributed by atoms with Crippen molar-refractivity contribution in [3.8, 4) is 23.0 Å². The van der Waals surface area contributed by atoms with Crippen molar-refractivity contribution in [1.82, 2.24) is 11.0 Å². The van der Waals surface area contributed by atoms with E-state index >= 15 is 0 Å². The zero-order chi connectivity index (χ0) is 20.7. The Hall–Kier alpha value is -3.17. The highest BCUT2D eigenvalue weighted by Gasteiger charge is 2.19. The minimum absolute atomic E-state index is 0.0363. The number of carbonyl (C=O) groups is 2. The fourth-order valence-electron chi connectivity index (χ4n) is 2.27. The summed E-state index contributed by atoms with van der Waals surface area (Å²) in [5.41, 5.74) is 4.47. The monoisotopic (exact) mass is 410 g/mol. The van der Waals surface area contributed by atoms with E-state index in [-0.39, 0.29) is 21.9 Å². The summed E-state index contributed by atoms with van der Waals surface area (Å²) in [5.74, 6) is 0.101. The second-order valence-corrected chi connectivity index (χ2v) is 5.57. The molecule has 150 valence electrons. The number of methoxy groups -OCH3 is 4. The Balaban J connectivity index is 2.01. The average molecular weight is 411 g/mol. The van der Waals surface area contributed by atoms with Crippen LogP contribution in [0.2, 0.25) is 5.02 Å². The number of amides is 2. The molecule has 0 saturated carbocycles. The van der Waals surface area contributed by atoms with E-state index < -0.39 is 11.8 Å². The first-order chi connectivity index (χ1) is 13.5. The Labute approximate surface area is 166 Å². The molecule has 2 N–H and O–H groups in total. The van der Waals surface area contributed by atoms with Crippen LogP contribution in [0, 0.1) is 0 Å². The predicted molar refractivity (Wildman–Crippen MR) is 100 cm³/mol. The molecule has 2 aromatic carbocycles. The van der Waals surface area contributed by atoms with Gasteiger partial charge in [0.15, 0.2) is 23.0 Å². The predicted octanol–water partition coefficient (Wildman–Crippen LogP) is 2.38. The van der Waals surface area contributed by atoms with Gasteiger partial charge in [-0.1, -0.05) is 11.6 Å². The summed E-state index contributed by atoms with van der Waals surface area (Å²) in [4.78, 5) is 29.1. The lowest BCUT2D eigenvalue weighted by molar-refractivity contribution is -0.0184. The van der Waals surface area contributed by atoms with E-state index in [1.807, 2.05) is 0 Å². The molecule has 0 radical (unpaired) electrons. The van der Waals surface area contributed by atoms with E-state index in [0.717, 1.165) is 0 Å². The SMILES string of the molecule is COc1ccc(C(=O)NONC(=O)c2ccc(OC)c(OC)c2Cl)cc1OC. The van der Waals surface area contributed by atoms with Crippen molar-refractivity contribution in [3.63, 3.8) is 0 Å². The molecule has 0 spiro atoms. The highest BCUT2D eigenvalue weighted by molar-refractivity contribution is 6.35. The lowest BCUT2D eigenvalue weighted by atomic mass is 10.2. The van der Waals surface area contributed by atoms with E-state index in [4.69, 9.17) is 35.5 Å². The largest absolute Gasteiger partial charge is 0.493 e.